The molecule has 0 aliphatic rings. The number of aliphatic imine (C=N–C) groups is 1. The number of nitrogens with two attached hydrogens (primary N) is 1. The molecule has 132 valence electrons. The minimum Gasteiger partial charge on any atom is -0.383 e. The lowest BCUT2D eigenvalue weighted by atomic mass is 9.87. The highest BCUT2D eigenvalue weighted by atomic mass is 32.1. The van der Waals surface area contributed by atoms with E-state index in [-0.39, 0.29) is 17.2 Å². The van der Waals surface area contributed by atoms with Crippen LogP contribution in [0.4, 0.5) is 14.5 Å². The fourth-order valence-electron chi connectivity index (χ4n) is 2.52. The van der Waals surface area contributed by atoms with Gasteiger partial charge in [-0.2, -0.15) is 0 Å². The number of hydrogen-bond donors (Lipinski definition) is 3. The van der Waals surface area contributed by atoms with E-state index in [4.69, 9.17) is 5.73 Å². The Morgan fingerprint density at radius 2 is 2.04 bits per heavy atom. The van der Waals surface area contributed by atoms with Crippen molar-refractivity contribution in [2.24, 2.45) is 16.6 Å². The van der Waals surface area contributed by atoms with E-state index in [9.17, 15) is 8.78 Å². The molecule has 3 N–H and O–H groups in total. The summed E-state index contributed by atoms with van der Waals surface area (Å²) in [7, 11) is 1.58. The quantitative estimate of drug-likeness (QED) is 0.292. The molecular weight excluding hydrogens is 328 g/mol. The molecule has 0 heterocycles. The summed E-state index contributed by atoms with van der Waals surface area (Å²) in [6.45, 7) is 7.83. The van der Waals surface area contributed by atoms with Crippen molar-refractivity contribution in [2.75, 3.05) is 11.8 Å². The van der Waals surface area contributed by atoms with Crippen LogP contribution in [0.25, 0.3) is 5.57 Å². The molecule has 1 aromatic rings. The maximum absolute atomic E-state index is 14.7. The van der Waals surface area contributed by atoms with E-state index in [1.165, 1.54) is 0 Å². The second-order valence-corrected chi connectivity index (χ2v) is 5.83. The Bertz CT molecular complexity index is 694. The second-order valence-electron chi connectivity index (χ2n) is 5.61. The zero-order chi connectivity index (χ0) is 18.4. The van der Waals surface area contributed by atoms with Crippen molar-refractivity contribution in [2.45, 2.75) is 34.1 Å². The molecule has 0 spiro atoms. The van der Waals surface area contributed by atoms with Gasteiger partial charge in [0.1, 0.15) is 11.7 Å². The molecule has 3 nitrogen and oxygen atoms in total. The molecular formula is C18H25F2N3S. The molecule has 6 heteroatoms. The number of halogens is 2. The SMILES string of the molecule is C/C=C(\C(C(N)=NC)=C(\C)C(C)CC)c1cc(F)cc(NS)c1F. The average Bonchev–Trinajstić information content (AvgIpc) is 2.59. The summed E-state index contributed by atoms with van der Waals surface area (Å²) in [5.74, 6) is -0.619. The second kappa shape index (κ2) is 8.87. The van der Waals surface area contributed by atoms with Gasteiger partial charge in [0.2, 0.25) is 0 Å². The first-order chi connectivity index (χ1) is 11.3. The maximum atomic E-state index is 14.7. The number of nitrogens with one attached hydrogen (secondary N) is 1. The van der Waals surface area contributed by atoms with Crippen LogP contribution in [0.1, 0.15) is 39.7 Å². The van der Waals surface area contributed by atoms with Gasteiger partial charge in [0.05, 0.1) is 5.69 Å². The van der Waals surface area contributed by atoms with Crippen molar-refractivity contribution < 1.29 is 8.78 Å². The predicted molar refractivity (Wildman–Crippen MR) is 102 cm³/mol. The number of nitrogens with zero attached hydrogens (tertiary/aromatic N) is 1. The highest BCUT2D eigenvalue weighted by Crippen LogP contribution is 2.34. The van der Waals surface area contributed by atoms with Crippen LogP contribution in [0.3, 0.4) is 0 Å². The molecule has 0 radical (unpaired) electrons. The molecule has 0 aromatic heterocycles. The summed E-state index contributed by atoms with van der Waals surface area (Å²) in [6.07, 6.45) is 2.62. The fourth-order valence-corrected chi connectivity index (χ4v) is 2.68. The van der Waals surface area contributed by atoms with Crippen molar-refractivity contribution in [1.82, 2.24) is 0 Å². The van der Waals surface area contributed by atoms with Gasteiger partial charge in [0, 0.05) is 24.3 Å². The van der Waals surface area contributed by atoms with E-state index in [2.05, 4.69) is 36.4 Å². The van der Waals surface area contributed by atoms with E-state index in [0.717, 1.165) is 24.1 Å². The van der Waals surface area contributed by atoms with Gasteiger partial charge < -0.3 is 10.5 Å². The molecule has 0 fully saturated rings. The largest absolute Gasteiger partial charge is 0.383 e. The third-order valence-corrected chi connectivity index (χ3v) is 4.49. The molecule has 0 aliphatic heterocycles. The summed E-state index contributed by atoms with van der Waals surface area (Å²) in [5, 5.41) is 0. The highest BCUT2D eigenvalue weighted by molar-refractivity contribution is 7.81. The van der Waals surface area contributed by atoms with Crippen LogP contribution >= 0.6 is 12.8 Å². The normalized spacial score (nSPS) is 15.2. The van der Waals surface area contributed by atoms with Crippen LogP contribution in [0, 0.1) is 17.6 Å². The highest BCUT2D eigenvalue weighted by Gasteiger charge is 2.21. The molecule has 1 unspecified atom stereocenters. The first kappa shape index (κ1) is 20.2. The predicted octanol–water partition coefficient (Wildman–Crippen LogP) is 4.97. The van der Waals surface area contributed by atoms with Gasteiger partial charge in [-0.05, 0) is 37.8 Å². The van der Waals surface area contributed by atoms with Crippen LogP contribution in [0.2, 0.25) is 0 Å². The molecule has 1 rings (SSSR count). The Labute approximate surface area is 148 Å². The van der Waals surface area contributed by atoms with Crippen molar-refractivity contribution >= 4 is 29.9 Å². The summed E-state index contributed by atoms with van der Waals surface area (Å²) in [5.41, 5.74) is 8.32. The summed E-state index contributed by atoms with van der Waals surface area (Å²) < 4.78 is 31.0. The van der Waals surface area contributed by atoms with Gasteiger partial charge in [-0.15, -0.1) is 0 Å². The van der Waals surface area contributed by atoms with E-state index < -0.39 is 11.6 Å². The van der Waals surface area contributed by atoms with Gasteiger partial charge in [-0.1, -0.05) is 38.3 Å². The number of benzene rings is 1. The first-order valence-electron chi connectivity index (χ1n) is 7.81. The monoisotopic (exact) mass is 353 g/mol. The number of allylic oxidation sites excluding steroid dienone is 2. The smallest absolute Gasteiger partial charge is 0.155 e. The average molecular weight is 353 g/mol. The van der Waals surface area contributed by atoms with Crippen LogP contribution in [-0.2, 0) is 0 Å². The maximum Gasteiger partial charge on any atom is 0.155 e. The molecule has 1 atom stereocenters. The summed E-state index contributed by atoms with van der Waals surface area (Å²) in [6, 6.07) is 2.22. The minimum atomic E-state index is -0.585. The molecule has 0 amide bonds. The molecule has 0 saturated carbocycles. The fraction of sp³-hybridized carbons (Fsp3) is 0.389. The lowest BCUT2D eigenvalue weighted by molar-refractivity contribution is 0.601. The van der Waals surface area contributed by atoms with Crippen LogP contribution < -0.4 is 10.5 Å². The Balaban J connectivity index is 3.73. The molecule has 1 aromatic carbocycles. The van der Waals surface area contributed by atoms with Crippen molar-refractivity contribution in [1.29, 1.82) is 0 Å². The van der Waals surface area contributed by atoms with Crippen LogP contribution in [0.5, 0.6) is 0 Å². The Kier molecular flexibility index (Phi) is 7.48. The van der Waals surface area contributed by atoms with Gasteiger partial charge in [0.25, 0.3) is 0 Å². The lowest BCUT2D eigenvalue weighted by Gasteiger charge is -2.20. The summed E-state index contributed by atoms with van der Waals surface area (Å²) >= 11 is 3.83. The van der Waals surface area contributed by atoms with Gasteiger partial charge in [0.15, 0.2) is 5.82 Å². The zero-order valence-corrected chi connectivity index (χ0v) is 15.6. The van der Waals surface area contributed by atoms with E-state index in [0.29, 0.717) is 17.0 Å². The number of anilines is 1. The van der Waals surface area contributed by atoms with Crippen molar-refractivity contribution in [3.8, 4) is 0 Å². The molecule has 0 aliphatic carbocycles. The minimum absolute atomic E-state index is 0.0276. The first-order valence-corrected chi connectivity index (χ1v) is 8.26. The topological polar surface area (TPSA) is 50.4 Å². The number of hydrogen-bond acceptors (Lipinski definition) is 3. The van der Waals surface area contributed by atoms with E-state index in [1.807, 2.05) is 6.92 Å². The van der Waals surface area contributed by atoms with Gasteiger partial charge in [-0.25, -0.2) is 8.78 Å². The third-order valence-electron chi connectivity index (χ3n) is 4.25. The van der Waals surface area contributed by atoms with Crippen molar-refractivity contribution in [3.63, 3.8) is 0 Å². The number of rotatable bonds is 6. The van der Waals surface area contributed by atoms with Crippen LogP contribution in [0.15, 0.2) is 34.3 Å². The van der Waals surface area contributed by atoms with E-state index in [1.54, 1.807) is 20.0 Å². The molecule has 0 saturated heterocycles. The summed E-state index contributed by atoms with van der Waals surface area (Å²) in [4.78, 5) is 4.06. The number of amidine groups is 1. The third kappa shape index (κ3) is 4.17. The Morgan fingerprint density at radius 3 is 2.50 bits per heavy atom. The molecule has 24 heavy (non-hydrogen) atoms. The zero-order valence-electron chi connectivity index (χ0n) is 14.7. The van der Waals surface area contributed by atoms with Gasteiger partial charge in [-0.3, -0.25) is 4.99 Å². The Morgan fingerprint density at radius 1 is 1.42 bits per heavy atom. The van der Waals surface area contributed by atoms with Gasteiger partial charge >= 0.3 is 0 Å². The molecule has 0 bridgehead atoms. The lowest BCUT2D eigenvalue weighted by Crippen LogP contribution is -2.20. The van der Waals surface area contributed by atoms with Crippen LogP contribution in [-0.4, -0.2) is 12.9 Å². The van der Waals surface area contributed by atoms with E-state index >= 15 is 0 Å². The number of thiol groups is 1. The van der Waals surface area contributed by atoms with Crippen molar-refractivity contribution in [3.05, 3.63) is 46.6 Å². The Hall–Kier alpha value is -1.82. The standard InChI is InChI=1S/C18H25F2N3S/c1-6-10(3)11(4)16(18(21)22-5)13(7-2)14-8-12(19)9-15(23-24)17(14)20/h7-10,23-24H,6H2,1-5H3,(H2,21,22)/b13-7-,16-11+.